The molecule has 4 aromatic carbocycles. The number of ether oxygens (including phenoxy) is 6. The number of aliphatic hydroxyl groups is 2. The van der Waals surface area contributed by atoms with Crippen molar-refractivity contribution in [2.24, 2.45) is 22.9 Å². The van der Waals surface area contributed by atoms with Gasteiger partial charge in [0.15, 0.2) is 11.5 Å². The maximum Gasteiger partial charge on any atom is 0.410 e. The number of rotatable bonds is 32. The number of nitro benzene ring substituents is 2. The third-order valence-corrected chi connectivity index (χ3v) is 15.6. The molecule has 0 spiro atoms. The number of non-ortho nitro benzene ring substituents is 2. The largest absolute Gasteiger partial charge is 0.459 e. The van der Waals surface area contributed by atoms with E-state index in [1.807, 2.05) is 30.3 Å². The van der Waals surface area contributed by atoms with E-state index in [0.717, 1.165) is 42.4 Å². The van der Waals surface area contributed by atoms with Crippen molar-refractivity contribution in [1.29, 1.82) is 0 Å². The number of amides is 1. The zero-order valence-electron chi connectivity index (χ0n) is 45.4. The summed E-state index contributed by atoms with van der Waals surface area (Å²) < 4.78 is 38.9. The summed E-state index contributed by atoms with van der Waals surface area (Å²) in [5, 5.41) is 48.5. The average molecular weight is 1090 g/mol. The zero-order chi connectivity index (χ0) is 55.6. The van der Waals surface area contributed by atoms with E-state index >= 15 is 4.79 Å². The first-order valence-corrected chi connectivity index (χ1v) is 28.2. The van der Waals surface area contributed by atoms with Crippen molar-refractivity contribution in [1.82, 2.24) is 4.90 Å². The molecule has 8 rings (SSSR count). The Kier molecular flexibility index (Phi) is 21.1. The Bertz CT molecular complexity index is 2750. The number of hydrogen-bond donors (Lipinski definition) is 2. The molecule has 0 bridgehead atoms. The molecule has 2 aliphatic carbocycles. The van der Waals surface area contributed by atoms with Gasteiger partial charge in [0.25, 0.3) is 11.4 Å². The molecule has 0 saturated heterocycles. The second-order valence-electron chi connectivity index (χ2n) is 20.9. The van der Waals surface area contributed by atoms with E-state index in [4.69, 9.17) is 38.4 Å². The van der Waals surface area contributed by atoms with Crippen LogP contribution in [-0.2, 0) is 27.5 Å². The molecule has 2 N–H and O–H groups in total. The summed E-state index contributed by atoms with van der Waals surface area (Å²) in [7, 11) is 0. The van der Waals surface area contributed by atoms with Gasteiger partial charge < -0.3 is 43.5 Å². The van der Waals surface area contributed by atoms with Gasteiger partial charge in [-0.3, -0.25) is 25.1 Å². The van der Waals surface area contributed by atoms with E-state index in [1.165, 1.54) is 62.8 Å². The van der Waals surface area contributed by atoms with Gasteiger partial charge >= 0.3 is 6.09 Å². The van der Waals surface area contributed by atoms with Crippen LogP contribution >= 0.6 is 0 Å². The third kappa shape index (κ3) is 14.6. The molecule has 4 aromatic rings. The first-order valence-electron chi connectivity index (χ1n) is 28.2. The molecule has 0 unspecified atom stereocenters. The molecule has 1 amide bonds. The molecule has 79 heavy (non-hydrogen) atoms. The number of nitrogens with zero attached hydrogens (tertiary/aromatic N) is 4. The smallest absolute Gasteiger partial charge is 0.410 e. The molecular formula is C61H76N4O14. The minimum Gasteiger partial charge on any atom is -0.459 e. The second-order valence-corrected chi connectivity index (χ2v) is 20.9. The molecule has 6 atom stereocenters. The van der Waals surface area contributed by atoms with Gasteiger partial charge in [0.05, 0.1) is 40.8 Å². The second kappa shape index (κ2) is 28.7. The lowest BCUT2D eigenvalue weighted by Crippen LogP contribution is -2.70. The fourth-order valence-electron chi connectivity index (χ4n) is 11.8. The van der Waals surface area contributed by atoms with E-state index in [2.05, 4.69) is 19.6 Å². The number of oxime groups is 1. The van der Waals surface area contributed by atoms with Crippen molar-refractivity contribution in [2.75, 3.05) is 33.2 Å². The number of aliphatic hydroxyl groups excluding tert-OH is 2. The summed E-state index contributed by atoms with van der Waals surface area (Å²) >= 11 is 0. The lowest BCUT2D eigenvalue weighted by Gasteiger charge is -2.59. The fraction of sp³-hybridized carbons (Fsp3) is 0.508. The Morgan fingerprint density at radius 3 is 2.19 bits per heavy atom. The van der Waals surface area contributed by atoms with Crippen molar-refractivity contribution in [3.63, 3.8) is 0 Å². The first-order chi connectivity index (χ1) is 38.6. The van der Waals surface area contributed by atoms with Crippen LogP contribution < -0.4 is 18.9 Å². The topological polar surface area (TPSA) is 224 Å². The number of nitro groups is 2. The van der Waals surface area contributed by atoms with Gasteiger partial charge in [-0.15, -0.1) is 6.58 Å². The number of hydrogen-bond acceptors (Lipinski definition) is 15. The van der Waals surface area contributed by atoms with Gasteiger partial charge in [0.1, 0.15) is 29.9 Å². The van der Waals surface area contributed by atoms with Gasteiger partial charge in [-0.25, -0.2) is 4.79 Å². The SMILES string of the molecule is C=CCO[C@@]12Oc3ccc(Oc4cccc([N+](=O)[O-])c4)cc3[C@H]3[C@H](CCCCO)[C@@H](CCCCO)C=C(C(=NOCc4ccc([N+](=O)[O-])cc4)C[C@@H]1N(Cc1ccc4c(c1)OCO4)C(=O)OCCCCCCCCCCCC)[C@H]32. The first kappa shape index (κ1) is 58.1. The molecule has 2 aliphatic heterocycles. The zero-order valence-corrected chi connectivity index (χ0v) is 45.4. The monoisotopic (exact) mass is 1090 g/mol. The van der Waals surface area contributed by atoms with Gasteiger partial charge in [-0.2, -0.15) is 0 Å². The van der Waals surface area contributed by atoms with Crippen LogP contribution in [-0.4, -0.2) is 81.8 Å². The van der Waals surface area contributed by atoms with Crippen LogP contribution in [0.3, 0.4) is 0 Å². The van der Waals surface area contributed by atoms with Gasteiger partial charge in [-0.1, -0.05) is 107 Å². The van der Waals surface area contributed by atoms with Crippen LogP contribution in [0, 0.1) is 38.0 Å². The van der Waals surface area contributed by atoms with Crippen molar-refractivity contribution < 1.29 is 58.1 Å². The molecule has 424 valence electrons. The number of allylic oxidation sites excluding steroid dienone is 1. The highest BCUT2D eigenvalue weighted by atomic mass is 16.7. The number of carbonyl (C=O) groups excluding carboxylic acids is 1. The Morgan fingerprint density at radius 1 is 0.785 bits per heavy atom. The van der Waals surface area contributed by atoms with Crippen molar-refractivity contribution >= 4 is 23.2 Å². The minimum absolute atomic E-state index is 0.00536. The number of benzene rings is 4. The van der Waals surface area contributed by atoms with Crippen LogP contribution in [0.15, 0.2) is 114 Å². The Balaban J connectivity index is 1.25. The number of fused-ring (bicyclic) bond motifs is 3. The quantitative estimate of drug-likeness (QED) is 0.0201. The highest BCUT2D eigenvalue weighted by molar-refractivity contribution is 6.03. The third-order valence-electron chi connectivity index (χ3n) is 15.6. The molecule has 2 heterocycles. The lowest BCUT2D eigenvalue weighted by molar-refractivity contribution is -0.385. The molecular weight excluding hydrogens is 1010 g/mol. The van der Waals surface area contributed by atoms with E-state index in [9.17, 15) is 30.4 Å². The van der Waals surface area contributed by atoms with E-state index in [-0.39, 0.29) is 81.8 Å². The summed E-state index contributed by atoms with van der Waals surface area (Å²) in [6, 6.07) is 22.2. The van der Waals surface area contributed by atoms with Crippen LogP contribution in [0.5, 0.6) is 28.7 Å². The number of carbonyl (C=O) groups is 1. The molecule has 4 aliphatic rings. The van der Waals surface area contributed by atoms with Crippen LogP contribution in [0.25, 0.3) is 0 Å². The maximum atomic E-state index is 15.3. The predicted molar refractivity (Wildman–Crippen MR) is 297 cm³/mol. The lowest BCUT2D eigenvalue weighted by atomic mass is 9.55. The number of unbranched alkanes of at least 4 members (excludes halogenated alkanes) is 11. The normalized spacial score (nSPS) is 21.0. The van der Waals surface area contributed by atoms with Gasteiger partial charge in [0.2, 0.25) is 12.6 Å². The Labute approximate surface area is 462 Å². The Morgan fingerprint density at radius 2 is 1.47 bits per heavy atom. The molecule has 0 radical (unpaired) electrons. The van der Waals surface area contributed by atoms with Crippen molar-refractivity contribution in [3.05, 3.63) is 146 Å². The van der Waals surface area contributed by atoms with Crippen LogP contribution in [0.4, 0.5) is 16.2 Å². The maximum absolute atomic E-state index is 15.3. The predicted octanol–water partition coefficient (Wildman–Crippen LogP) is 13.4. The summed E-state index contributed by atoms with van der Waals surface area (Å²) in [6.07, 6.45) is 18.5. The van der Waals surface area contributed by atoms with E-state index < -0.39 is 39.6 Å². The highest BCUT2D eigenvalue weighted by Gasteiger charge is 2.66. The Hall–Kier alpha value is -7.02. The fourth-order valence-corrected chi connectivity index (χ4v) is 11.8. The summed E-state index contributed by atoms with van der Waals surface area (Å²) in [4.78, 5) is 45.7. The minimum atomic E-state index is -1.63. The van der Waals surface area contributed by atoms with Gasteiger partial charge in [-0.05, 0) is 109 Å². The van der Waals surface area contributed by atoms with Gasteiger partial charge in [0, 0.05) is 55.9 Å². The molecule has 18 heteroatoms. The van der Waals surface area contributed by atoms with Crippen molar-refractivity contribution in [2.45, 2.75) is 147 Å². The molecule has 0 aromatic heterocycles. The molecule has 1 fully saturated rings. The average Bonchev–Trinajstić information content (AvgIpc) is 3.20. The summed E-state index contributed by atoms with van der Waals surface area (Å²) in [6.45, 7) is 6.63. The highest BCUT2D eigenvalue weighted by Crippen LogP contribution is 2.62. The molecule has 18 nitrogen and oxygen atoms in total. The van der Waals surface area contributed by atoms with Crippen LogP contribution in [0.2, 0.25) is 0 Å². The van der Waals surface area contributed by atoms with Crippen LogP contribution in [0.1, 0.15) is 139 Å². The van der Waals surface area contributed by atoms with E-state index in [1.54, 1.807) is 41.3 Å². The summed E-state index contributed by atoms with van der Waals surface area (Å²) in [5.74, 6) is -0.634. The summed E-state index contributed by atoms with van der Waals surface area (Å²) in [5.41, 5.74) is 3.32. The molecule has 1 saturated carbocycles. The van der Waals surface area contributed by atoms with Crippen molar-refractivity contribution in [3.8, 4) is 28.7 Å². The van der Waals surface area contributed by atoms with E-state index in [0.29, 0.717) is 72.8 Å². The standard InChI is InChI=1S/C61H76N4O14/c1-3-5-6-7-8-9-10-11-12-17-34-73-60(68)63(40-44-25-29-55-56(35-44)75-42-74-55)57-39-53(62-77-41-43-23-26-46(27-24-43)64(69)70)51-36-45(19-13-15-31-66)50(22-14-16-32-67)58-52-38-49(78-48-21-18-20-47(37-48)65(71)72)28-30-54(52)79-61(57,59(51)58)76-33-4-2/h4,18,20-21,23-30,35-38,45,50,57-59,66-67H,2-3,5-17,19,22,31-34,39-42H2,1H3/t45-,50+,57-,58+,59+,61+/m0/s1.